The number of phenols is 1. The number of hydrogen-bond donors (Lipinski definition) is 1. The quantitative estimate of drug-likeness (QED) is 0.178. The van der Waals surface area contributed by atoms with Gasteiger partial charge in [0.15, 0.2) is 9.75 Å². The van der Waals surface area contributed by atoms with Gasteiger partial charge in [0.05, 0.1) is 28.7 Å². The second-order valence-corrected chi connectivity index (χ2v) is 12.8. The fourth-order valence-electron chi connectivity index (χ4n) is 7.56. The van der Waals surface area contributed by atoms with Gasteiger partial charge in [-0.3, -0.25) is 34.2 Å². The molecule has 11 nitrogen and oxygen atoms in total. The van der Waals surface area contributed by atoms with Crippen LogP contribution in [0, 0.1) is 33.8 Å². The Kier molecular flexibility index (Phi) is 5.87. The van der Waals surface area contributed by atoms with E-state index in [0.29, 0.717) is 22.5 Å². The molecule has 1 N–H and O–H groups in total. The molecule has 0 bridgehead atoms. The van der Waals surface area contributed by atoms with E-state index in [9.17, 15) is 34.4 Å². The lowest BCUT2D eigenvalue weighted by atomic mass is 9.56. The highest BCUT2D eigenvalue weighted by atomic mass is 35.5. The summed E-state index contributed by atoms with van der Waals surface area (Å²) >= 11 is 14.4. The Balaban J connectivity index is 1.35. The number of alkyl halides is 2. The van der Waals surface area contributed by atoms with E-state index in [4.69, 9.17) is 27.9 Å². The van der Waals surface area contributed by atoms with Gasteiger partial charge in [0.1, 0.15) is 11.5 Å². The summed E-state index contributed by atoms with van der Waals surface area (Å²) in [5.74, 6) is -5.42. The number of phenolic OH excluding ortho intramolecular Hbond substituents is 1. The van der Waals surface area contributed by atoms with E-state index in [1.165, 1.54) is 49.7 Å². The molecular formula is C30H23Cl2N3O8. The first-order chi connectivity index (χ1) is 20.4. The van der Waals surface area contributed by atoms with Crippen molar-refractivity contribution < 1.29 is 33.9 Å². The zero-order valence-electron chi connectivity index (χ0n) is 22.5. The van der Waals surface area contributed by atoms with E-state index in [1.807, 2.05) is 0 Å². The number of fused-ring (bicyclic) bond motifs is 5. The Labute approximate surface area is 254 Å². The van der Waals surface area contributed by atoms with Gasteiger partial charge in [-0.1, -0.05) is 17.7 Å². The van der Waals surface area contributed by atoms with Crippen LogP contribution in [0.15, 0.2) is 65.9 Å². The van der Waals surface area contributed by atoms with Crippen molar-refractivity contribution >= 4 is 58.2 Å². The number of carbonyl (C=O) groups is 4. The van der Waals surface area contributed by atoms with Crippen LogP contribution in [-0.4, -0.2) is 55.4 Å². The minimum absolute atomic E-state index is 0.0141. The van der Waals surface area contributed by atoms with Gasteiger partial charge in [0.25, 0.3) is 17.5 Å². The zero-order chi connectivity index (χ0) is 30.6. The topological polar surface area (TPSA) is 147 Å². The van der Waals surface area contributed by atoms with Crippen LogP contribution in [0.25, 0.3) is 0 Å². The fourth-order valence-corrected chi connectivity index (χ4v) is 8.59. The van der Waals surface area contributed by atoms with E-state index in [1.54, 1.807) is 12.1 Å². The summed E-state index contributed by atoms with van der Waals surface area (Å²) in [5.41, 5.74) is 1.56. The Bertz CT molecular complexity index is 1760. The molecule has 7 rings (SSSR count). The number of nitrogens with zero attached hydrogens (tertiary/aromatic N) is 3. The smallest absolute Gasteiger partial charge is 0.271 e. The second-order valence-electron chi connectivity index (χ2n) is 11.6. The standard InChI is InChI=1S/C30H23Cl2N3O8/c1-33-27(39)29(31)12-21-19(24(30(29,32)28(33)40)15-9-14-10-18(36)5-8-22(14)43-13-15)6-7-20-23(21)26(38)34(25(20)37)16-3-2-4-17(11-16)35(41)42/h2-6,8,10-11,13,20-21,23-24,36H,7,9,12H2,1H3. The molecule has 3 fully saturated rings. The predicted octanol–water partition coefficient (Wildman–Crippen LogP) is 3.85. The van der Waals surface area contributed by atoms with Crippen LogP contribution in [-0.2, 0) is 25.6 Å². The van der Waals surface area contributed by atoms with Gasteiger partial charge in [0, 0.05) is 37.1 Å². The van der Waals surface area contributed by atoms with Crippen molar-refractivity contribution in [3.05, 3.63) is 81.6 Å². The molecule has 2 aliphatic carbocycles. The number of hydrogen-bond acceptors (Lipinski definition) is 8. The Morgan fingerprint density at radius 3 is 2.56 bits per heavy atom. The average Bonchev–Trinajstić information content (AvgIpc) is 3.31. The summed E-state index contributed by atoms with van der Waals surface area (Å²) in [7, 11) is 1.31. The Morgan fingerprint density at radius 2 is 1.81 bits per heavy atom. The molecule has 3 heterocycles. The van der Waals surface area contributed by atoms with Crippen molar-refractivity contribution in [2.45, 2.75) is 29.0 Å². The van der Waals surface area contributed by atoms with Crippen molar-refractivity contribution in [3.8, 4) is 11.5 Å². The maximum absolute atomic E-state index is 14.1. The third kappa shape index (κ3) is 3.55. The van der Waals surface area contributed by atoms with Gasteiger partial charge < -0.3 is 9.84 Å². The van der Waals surface area contributed by atoms with E-state index < -0.39 is 62.0 Å². The van der Waals surface area contributed by atoms with Crippen LogP contribution in [0.4, 0.5) is 11.4 Å². The molecule has 0 aromatic heterocycles. The number of carbonyl (C=O) groups excluding carboxylic acids is 4. The molecule has 5 aliphatic rings. The number of benzene rings is 2. The summed E-state index contributed by atoms with van der Waals surface area (Å²) in [6, 6.07) is 9.91. The van der Waals surface area contributed by atoms with E-state index >= 15 is 0 Å². The van der Waals surface area contributed by atoms with Crippen molar-refractivity contribution in [2.75, 3.05) is 11.9 Å². The number of allylic oxidation sites excluding steroid dienone is 3. The molecule has 6 unspecified atom stereocenters. The van der Waals surface area contributed by atoms with Crippen LogP contribution in [0.3, 0.4) is 0 Å². The summed E-state index contributed by atoms with van der Waals surface area (Å²) in [4.78, 5) is 63.8. The van der Waals surface area contributed by atoms with Crippen LogP contribution in [0.1, 0.15) is 18.4 Å². The van der Waals surface area contributed by atoms with Crippen LogP contribution < -0.4 is 9.64 Å². The van der Waals surface area contributed by atoms with Crippen molar-refractivity contribution in [1.82, 2.24) is 4.90 Å². The predicted molar refractivity (Wildman–Crippen MR) is 152 cm³/mol. The molecule has 3 aliphatic heterocycles. The number of nitro groups is 1. The largest absolute Gasteiger partial charge is 0.508 e. The van der Waals surface area contributed by atoms with Gasteiger partial charge >= 0.3 is 0 Å². The Morgan fingerprint density at radius 1 is 1.05 bits per heavy atom. The molecule has 0 radical (unpaired) electrons. The van der Waals surface area contributed by atoms with E-state index in [2.05, 4.69) is 0 Å². The number of ether oxygens (including phenoxy) is 1. The van der Waals surface area contributed by atoms with Crippen LogP contribution in [0.5, 0.6) is 11.5 Å². The second kappa shape index (κ2) is 9.14. The lowest BCUT2D eigenvalue weighted by molar-refractivity contribution is -0.384. The Hall–Kier alpha value is -4.22. The number of anilines is 1. The molecule has 43 heavy (non-hydrogen) atoms. The SMILES string of the molecule is CN1C(=O)C2(Cl)CC3C(=CCC4C(=O)N(c5cccc([N+](=O)[O-])c5)C(=O)C43)C(C3=COc4ccc(O)cc4C3)C2(Cl)C1=O. The number of rotatable bonds is 3. The highest BCUT2D eigenvalue weighted by molar-refractivity contribution is 6.53. The van der Waals surface area contributed by atoms with E-state index in [-0.39, 0.29) is 36.4 Å². The normalized spacial score (nSPS) is 32.8. The van der Waals surface area contributed by atoms with Gasteiger partial charge in [-0.15, -0.1) is 23.2 Å². The molecule has 0 spiro atoms. The lowest BCUT2D eigenvalue weighted by Gasteiger charge is -2.51. The number of halogens is 2. The molecular weight excluding hydrogens is 601 g/mol. The molecule has 6 atom stereocenters. The molecule has 220 valence electrons. The average molecular weight is 624 g/mol. The first-order valence-electron chi connectivity index (χ1n) is 13.6. The van der Waals surface area contributed by atoms with Gasteiger partial charge in [-0.05, 0) is 48.6 Å². The third-order valence-electron chi connectivity index (χ3n) is 9.46. The highest BCUT2D eigenvalue weighted by Crippen LogP contribution is 2.64. The third-order valence-corrected chi connectivity index (χ3v) is 10.9. The highest BCUT2D eigenvalue weighted by Gasteiger charge is 2.76. The number of nitro benzene ring substituents is 1. The molecule has 2 aromatic carbocycles. The fraction of sp³-hybridized carbons (Fsp3) is 0.333. The van der Waals surface area contributed by atoms with Crippen molar-refractivity contribution in [2.24, 2.45) is 23.7 Å². The zero-order valence-corrected chi connectivity index (χ0v) is 24.0. The summed E-state index contributed by atoms with van der Waals surface area (Å²) in [5, 5.41) is 21.5. The number of aromatic hydroxyl groups is 1. The first kappa shape index (κ1) is 27.6. The molecule has 2 aromatic rings. The molecule has 2 saturated heterocycles. The van der Waals surface area contributed by atoms with E-state index in [0.717, 1.165) is 9.80 Å². The monoisotopic (exact) mass is 623 g/mol. The first-order valence-corrected chi connectivity index (χ1v) is 14.3. The number of amides is 4. The lowest BCUT2D eigenvalue weighted by Crippen LogP contribution is -2.61. The summed E-state index contributed by atoms with van der Waals surface area (Å²) < 4.78 is 5.87. The summed E-state index contributed by atoms with van der Waals surface area (Å²) in [6.45, 7) is 0. The minimum atomic E-state index is -1.95. The van der Waals surface area contributed by atoms with Crippen LogP contribution in [0.2, 0.25) is 0 Å². The van der Waals surface area contributed by atoms with Gasteiger partial charge in [-0.25, -0.2) is 4.90 Å². The number of likely N-dealkylation sites (tertiary alicyclic amines) is 1. The van der Waals surface area contributed by atoms with Gasteiger partial charge in [-0.2, -0.15) is 0 Å². The molecule has 13 heteroatoms. The van der Waals surface area contributed by atoms with Gasteiger partial charge in [0.2, 0.25) is 11.8 Å². The molecule has 4 amide bonds. The maximum Gasteiger partial charge on any atom is 0.271 e. The maximum atomic E-state index is 14.1. The molecule has 1 saturated carbocycles. The minimum Gasteiger partial charge on any atom is -0.508 e. The summed E-state index contributed by atoms with van der Waals surface area (Å²) in [6.07, 6.45) is 3.45. The number of imide groups is 2. The van der Waals surface area contributed by atoms with Crippen LogP contribution >= 0.6 is 23.2 Å². The number of non-ortho nitro benzene ring substituents is 1. The van der Waals surface area contributed by atoms with Crippen molar-refractivity contribution in [1.29, 1.82) is 0 Å². The van der Waals surface area contributed by atoms with Crippen molar-refractivity contribution in [3.63, 3.8) is 0 Å².